The lowest BCUT2D eigenvalue weighted by Gasteiger charge is -2.35. The van der Waals surface area contributed by atoms with E-state index in [9.17, 15) is 0 Å². The van der Waals surface area contributed by atoms with Crippen molar-refractivity contribution in [3.05, 3.63) is 17.7 Å². The Hall–Kier alpha value is -0.870. The monoisotopic (exact) mass is 302 g/mol. The van der Waals surface area contributed by atoms with E-state index in [4.69, 9.17) is 4.98 Å². The van der Waals surface area contributed by atoms with Crippen LogP contribution in [-0.4, -0.2) is 47.2 Å². The third-order valence-corrected chi connectivity index (χ3v) is 5.96. The van der Waals surface area contributed by atoms with Crippen molar-refractivity contribution >= 4 is 0 Å². The van der Waals surface area contributed by atoms with Gasteiger partial charge in [-0.05, 0) is 77.0 Å². The van der Waals surface area contributed by atoms with E-state index in [0.29, 0.717) is 5.92 Å². The number of hydrogen-bond acceptors (Lipinski definition) is 3. The van der Waals surface area contributed by atoms with Crippen LogP contribution < -0.4 is 5.32 Å². The predicted octanol–water partition coefficient (Wildman–Crippen LogP) is 2.40. The average Bonchev–Trinajstić information content (AvgIpc) is 3.01. The van der Waals surface area contributed by atoms with Crippen molar-refractivity contribution in [2.24, 2.45) is 5.92 Å². The zero-order valence-electron chi connectivity index (χ0n) is 13.8. The van der Waals surface area contributed by atoms with Crippen molar-refractivity contribution in [1.82, 2.24) is 19.8 Å². The van der Waals surface area contributed by atoms with Crippen molar-refractivity contribution in [3.8, 4) is 0 Å². The third-order valence-electron chi connectivity index (χ3n) is 5.96. The fourth-order valence-corrected chi connectivity index (χ4v) is 4.59. The van der Waals surface area contributed by atoms with E-state index in [0.717, 1.165) is 5.92 Å². The summed E-state index contributed by atoms with van der Waals surface area (Å²) in [4.78, 5) is 7.51. The lowest BCUT2D eigenvalue weighted by atomic mass is 9.92. The van der Waals surface area contributed by atoms with Gasteiger partial charge in [0, 0.05) is 30.9 Å². The zero-order chi connectivity index (χ0) is 14.8. The minimum absolute atomic E-state index is 0.705. The largest absolute Gasteiger partial charge is 0.332 e. The van der Waals surface area contributed by atoms with Gasteiger partial charge in [-0.25, -0.2) is 4.98 Å². The highest BCUT2D eigenvalue weighted by atomic mass is 15.1. The van der Waals surface area contributed by atoms with Gasteiger partial charge in [0.15, 0.2) is 0 Å². The molecule has 4 heterocycles. The molecule has 0 amide bonds. The number of aryl methyl sites for hydroxylation is 1. The Balaban J connectivity index is 1.32. The van der Waals surface area contributed by atoms with Crippen LogP contribution in [0.5, 0.6) is 0 Å². The van der Waals surface area contributed by atoms with Crippen molar-refractivity contribution < 1.29 is 0 Å². The molecule has 3 aliphatic heterocycles. The SMILES string of the molecule is c1nc(C2CCN(CC3CCNCC3)CC2)n2c1CCCC2. The molecule has 1 aromatic heterocycles. The second kappa shape index (κ2) is 6.71. The molecule has 4 rings (SSSR count). The number of hydrogen-bond donors (Lipinski definition) is 1. The molecule has 0 atom stereocenters. The van der Waals surface area contributed by atoms with Gasteiger partial charge in [0.25, 0.3) is 0 Å². The maximum absolute atomic E-state index is 4.80. The van der Waals surface area contributed by atoms with Crippen molar-refractivity contribution in [2.75, 3.05) is 32.7 Å². The number of likely N-dealkylation sites (tertiary alicyclic amines) is 1. The van der Waals surface area contributed by atoms with Crippen LogP contribution in [0, 0.1) is 5.92 Å². The number of imidazole rings is 1. The molecule has 0 aromatic carbocycles. The first kappa shape index (κ1) is 14.7. The Labute approximate surface area is 134 Å². The number of fused-ring (bicyclic) bond motifs is 1. The van der Waals surface area contributed by atoms with Gasteiger partial charge in [0.05, 0.1) is 0 Å². The van der Waals surface area contributed by atoms with E-state index in [1.165, 1.54) is 95.7 Å². The molecule has 0 aliphatic carbocycles. The topological polar surface area (TPSA) is 33.1 Å². The molecule has 0 saturated carbocycles. The summed E-state index contributed by atoms with van der Waals surface area (Å²) >= 11 is 0. The normalized spacial score (nSPS) is 25.3. The molecule has 4 nitrogen and oxygen atoms in total. The summed E-state index contributed by atoms with van der Waals surface area (Å²) in [5.74, 6) is 3.03. The van der Waals surface area contributed by atoms with Crippen LogP contribution in [-0.2, 0) is 13.0 Å². The molecular weight excluding hydrogens is 272 g/mol. The number of rotatable bonds is 3. The summed E-state index contributed by atoms with van der Waals surface area (Å²) < 4.78 is 2.54. The van der Waals surface area contributed by atoms with Crippen LogP contribution in [0.3, 0.4) is 0 Å². The van der Waals surface area contributed by atoms with Gasteiger partial charge >= 0.3 is 0 Å². The predicted molar refractivity (Wildman–Crippen MR) is 89.2 cm³/mol. The number of aromatic nitrogens is 2. The quantitative estimate of drug-likeness (QED) is 0.931. The molecule has 0 radical (unpaired) electrons. The van der Waals surface area contributed by atoms with Gasteiger partial charge in [-0.2, -0.15) is 0 Å². The lowest BCUT2D eigenvalue weighted by Crippen LogP contribution is -2.40. The Morgan fingerprint density at radius 3 is 2.68 bits per heavy atom. The first-order chi connectivity index (χ1) is 10.9. The van der Waals surface area contributed by atoms with E-state index in [1.54, 1.807) is 0 Å². The Morgan fingerprint density at radius 2 is 1.86 bits per heavy atom. The van der Waals surface area contributed by atoms with E-state index < -0.39 is 0 Å². The third kappa shape index (κ3) is 3.09. The molecule has 3 aliphatic rings. The summed E-state index contributed by atoms with van der Waals surface area (Å²) in [6.45, 7) is 7.53. The molecule has 0 spiro atoms. The molecule has 2 saturated heterocycles. The average molecular weight is 302 g/mol. The van der Waals surface area contributed by atoms with Crippen molar-refractivity contribution in [1.29, 1.82) is 0 Å². The molecule has 122 valence electrons. The van der Waals surface area contributed by atoms with Crippen LogP contribution in [0.4, 0.5) is 0 Å². The lowest BCUT2D eigenvalue weighted by molar-refractivity contribution is 0.164. The summed E-state index contributed by atoms with van der Waals surface area (Å²) in [5.41, 5.74) is 1.48. The number of nitrogens with zero attached hydrogens (tertiary/aromatic N) is 3. The highest BCUT2D eigenvalue weighted by Crippen LogP contribution is 2.30. The fourth-order valence-electron chi connectivity index (χ4n) is 4.59. The second-order valence-electron chi connectivity index (χ2n) is 7.48. The number of nitrogens with one attached hydrogen (secondary N) is 1. The standard InChI is InChI=1S/C18H30N4/c1-2-10-22-17(3-1)13-20-18(22)16-6-11-21(12-7-16)14-15-4-8-19-9-5-15/h13,15-16,19H,1-12,14H2. The van der Waals surface area contributed by atoms with E-state index >= 15 is 0 Å². The molecule has 4 heteroatoms. The van der Waals surface area contributed by atoms with E-state index in [1.807, 2.05) is 0 Å². The van der Waals surface area contributed by atoms with Crippen LogP contribution in [0.1, 0.15) is 56.0 Å². The Kier molecular flexibility index (Phi) is 4.49. The van der Waals surface area contributed by atoms with Crippen molar-refractivity contribution in [3.63, 3.8) is 0 Å². The van der Waals surface area contributed by atoms with Gasteiger partial charge in [-0.3, -0.25) is 0 Å². The first-order valence-electron chi connectivity index (χ1n) is 9.37. The van der Waals surface area contributed by atoms with Gasteiger partial charge in [0.2, 0.25) is 0 Å². The zero-order valence-corrected chi connectivity index (χ0v) is 13.8. The van der Waals surface area contributed by atoms with Gasteiger partial charge in [-0.1, -0.05) is 0 Å². The first-order valence-corrected chi connectivity index (χ1v) is 9.37. The molecule has 0 bridgehead atoms. The van der Waals surface area contributed by atoms with Crippen LogP contribution in [0.2, 0.25) is 0 Å². The maximum atomic E-state index is 4.80. The minimum Gasteiger partial charge on any atom is -0.332 e. The van der Waals surface area contributed by atoms with E-state index in [-0.39, 0.29) is 0 Å². The van der Waals surface area contributed by atoms with Crippen LogP contribution >= 0.6 is 0 Å². The van der Waals surface area contributed by atoms with Gasteiger partial charge < -0.3 is 14.8 Å². The van der Waals surface area contributed by atoms with Crippen molar-refractivity contribution in [2.45, 2.75) is 57.4 Å². The highest BCUT2D eigenvalue weighted by molar-refractivity contribution is 5.12. The van der Waals surface area contributed by atoms with Gasteiger partial charge in [0.1, 0.15) is 5.82 Å². The fraction of sp³-hybridized carbons (Fsp3) is 0.833. The van der Waals surface area contributed by atoms with Gasteiger partial charge in [-0.15, -0.1) is 0 Å². The molecular formula is C18H30N4. The van der Waals surface area contributed by atoms with Crippen LogP contribution in [0.15, 0.2) is 6.20 Å². The molecule has 1 aromatic rings. The van der Waals surface area contributed by atoms with E-state index in [2.05, 4.69) is 21.0 Å². The molecule has 22 heavy (non-hydrogen) atoms. The maximum Gasteiger partial charge on any atom is 0.112 e. The molecule has 0 unspecified atom stereocenters. The van der Waals surface area contributed by atoms with Crippen LogP contribution in [0.25, 0.3) is 0 Å². The second-order valence-corrected chi connectivity index (χ2v) is 7.48. The smallest absolute Gasteiger partial charge is 0.112 e. The summed E-state index contributed by atoms with van der Waals surface area (Å²) in [7, 11) is 0. The molecule has 1 N–H and O–H groups in total. The summed E-state index contributed by atoms with van der Waals surface area (Å²) in [6.07, 6.45) is 11.4. The summed E-state index contributed by atoms with van der Waals surface area (Å²) in [5, 5.41) is 3.48. The number of piperidine rings is 2. The Bertz CT molecular complexity index is 481. The Morgan fingerprint density at radius 1 is 1.05 bits per heavy atom. The highest BCUT2D eigenvalue weighted by Gasteiger charge is 2.27. The minimum atomic E-state index is 0.705. The summed E-state index contributed by atoms with van der Waals surface area (Å²) in [6, 6.07) is 0. The molecule has 2 fully saturated rings.